The molecule has 0 saturated carbocycles. The Hall–Kier alpha value is -1.33. The zero-order valence-electron chi connectivity index (χ0n) is 11.9. The lowest BCUT2D eigenvalue weighted by Gasteiger charge is -2.21. The van der Waals surface area contributed by atoms with Gasteiger partial charge in [0.15, 0.2) is 0 Å². The lowest BCUT2D eigenvalue weighted by atomic mass is 10.1. The van der Waals surface area contributed by atoms with Gasteiger partial charge in [0.25, 0.3) is 11.8 Å². The third-order valence-electron chi connectivity index (χ3n) is 3.88. The third-order valence-corrected chi connectivity index (χ3v) is 5.24. The van der Waals surface area contributed by atoms with Crippen LogP contribution in [0.1, 0.15) is 40.0 Å². The fourth-order valence-electron chi connectivity index (χ4n) is 2.76. The van der Waals surface area contributed by atoms with Gasteiger partial charge in [0.1, 0.15) is 0 Å². The smallest absolute Gasteiger partial charge is 0.261 e. The highest BCUT2D eigenvalue weighted by atomic mass is 32.2. The summed E-state index contributed by atoms with van der Waals surface area (Å²) in [5.41, 5.74) is 1.08. The van der Waals surface area contributed by atoms with Crippen LogP contribution in [0.15, 0.2) is 24.3 Å². The van der Waals surface area contributed by atoms with Crippen LogP contribution in [0.5, 0.6) is 0 Å². The molecule has 2 heterocycles. The summed E-state index contributed by atoms with van der Waals surface area (Å²) < 4.78 is 5.45. The lowest BCUT2D eigenvalue weighted by molar-refractivity contribution is 0.0654. The summed E-state index contributed by atoms with van der Waals surface area (Å²) in [4.78, 5) is 25.7. The van der Waals surface area contributed by atoms with Gasteiger partial charge in [-0.3, -0.25) is 14.5 Å². The molecule has 1 atom stereocenters. The predicted octanol–water partition coefficient (Wildman–Crippen LogP) is 2.58. The number of hydrogen-bond acceptors (Lipinski definition) is 4. The van der Waals surface area contributed by atoms with Crippen molar-refractivity contribution < 1.29 is 14.3 Å². The van der Waals surface area contributed by atoms with Gasteiger partial charge in [-0.05, 0) is 37.1 Å². The van der Waals surface area contributed by atoms with Gasteiger partial charge in [-0.2, -0.15) is 11.8 Å². The van der Waals surface area contributed by atoms with E-state index in [0.717, 1.165) is 31.8 Å². The van der Waals surface area contributed by atoms with Crippen LogP contribution in [0, 0.1) is 0 Å². The van der Waals surface area contributed by atoms with E-state index in [1.54, 1.807) is 24.3 Å². The minimum atomic E-state index is -0.151. The largest absolute Gasteiger partial charge is 0.380 e. The summed E-state index contributed by atoms with van der Waals surface area (Å²) in [7, 11) is 0. The van der Waals surface area contributed by atoms with E-state index in [4.69, 9.17) is 4.74 Å². The van der Waals surface area contributed by atoms with Crippen molar-refractivity contribution in [3.63, 3.8) is 0 Å². The first-order chi connectivity index (χ1) is 10.3. The second-order valence-corrected chi connectivity index (χ2v) is 6.78. The van der Waals surface area contributed by atoms with Crippen molar-refractivity contribution in [1.82, 2.24) is 4.90 Å². The molecule has 1 fully saturated rings. The number of nitrogens with zero attached hydrogens (tertiary/aromatic N) is 1. The Morgan fingerprint density at radius 1 is 1.19 bits per heavy atom. The zero-order chi connectivity index (χ0) is 14.7. The first-order valence-corrected chi connectivity index (χ1v) is 8.47. The van der Waals surface area contributed by atoms with Crippen LogP contribution < -0.4 is 0 Å². The van der Waals surface area contributed by atoms with E-state index in [0.29, 0.717) is 22.9 Å². The first-order valence-electron chi connectivity index (χ1n) is 7.42. The molecule has 2 aliphatic heterocycles. The second-order valence-electron chi connectivity index (χ2n) is 5.37. The molecule has 0 radical (unpaired) electrons. The molecule has 1 aromatic rings. The van der Waals surface area contributed by atoms with E-state index in [2.05, 4.69) is 0 Å². The third kappa shape index (κ3) is 3.14. The van der Waals surface area contributed by atoms with E-state index >= 15 is 0 Å². The molecule has 4 nitrogen and oxygen atoms in total. The summed E-state index contributed by atoms with van der Waals surface area (Å²) in [6.07, 6.45) is 3.18. The fourth-order valence-corrected chi connectivity index (χ4v) is 3.91. The van der Waals surface area contributed by atoms with E-state index in [1.165, 1.54) is 11.3 Å². The Bertz CT molecular complexity index is 505. The van der Waals surface area contributed by atoms with Crippen molar-refractivity contribution in [3.8, 4) is 0 Å². The number of thioether (sulfide) groups is 1. The van der Waals surface area contributed by atoms with Gasteiger partial charge in [-0.1, -0.05) is 12.1 Å². The number of carbonyl (C=O) groups is 2. The Kier molecular flexibility index (Phi) is 4.60. The van der Waals surface area contributed by atoms with Crippen molar-refractivity contribution in [2.24, 2.45) is 0 Å². The van der Waals surface area contributed by atoms with Gasteiger partial charge in [-0.25, -0.2) is 0 Å². The number of rotatable bonds is 5. The number of carbonyl (C=O) groups excluding carboxylic acids is 2. The van der Waals surface area contributed by atoms with Gasteiger partial charge < -0.3 is 4.74 Å². The minimum absolute atomic E-state index is 0.151. The van der Waals surface area contributed by atoms with Crippen molar-refractivity contribution in [2.75, 3.05) is 25.5 Å². The molecular weight excluding hydrogens is 286 g/mol. The number of imide groups is 1. The number of benzene rings is 1. The molecule has 0 bridgehead atoms. The maximum absolute atomic E-state index is 12.2. The molecule has 2 amide bonds. The molecule has 0 aliphatic carbocycles. The molecule has 21 heavy (non-hydrogen) atoms. The molecular formula is C16H19NO3S. The molecule has 0 N–H and O–H groups in total. The maximum Gasteiger partial charge on any atom is 0.261 e. The summed E-state index contributed by atoms with van der Waals surface area (Å²) >= 11 is 1.89. The molecule has 1 saturated heterocycles. The normalized spacial score (nSPS) is 21.7. The van der Waals surface area contributed by atoms with Gasteiger partial charge in [0, 0.05) is 18.4 Å². The van der Waals surface area contributed by atoms with Crippen molar-refractivity contribution in [1.29, 1.82) is 0 Å². The molecule has 0 spiro atoms. The number of hydrogen-bond donors (Lipinski definition) is 0. The number of ether oxygens (including phenoxy) is 1. The Labute approximate surface area is 128 Å². The Morgan fingerprint density at radius 3 is 2.52 bits per heavy atom. The summed E-state index contributed by atoms with van der Waals surface area (Å²) in [5, 5.41) is 0.570. The Balaban J connectivity index is 1.48. The van der Waals surface area contributed by atoms with Crippen molar-refractivity contribution in [3.05, 3.63) is 35.4 Å². The van der Waals surface area contributed by atoms with Gasteiger partial charge in [-0.15, -0.1) is 0 Å². The predicted molar refractivity (Wildman–Crippen MR) is 82.7 cm³/mol. The molecule has 0 aromatic heterocycles. The van der Waals surface area contributed by atoms with Gasteiger partial charge in [0.2, 0.25) is 0 Å². The topological polar surface area (TPSA) is 46.6 Å². The number of fused-ring (bicyclic) bond motifs is 1. The van der Waals surface area contributed by atoms with Crippen LogP contribution in [0.4, 0.5) is 0 Å². The van der Waals surface area contributed by atoms with E-state index in [9.17, 15) is 9.59 Å². The summed E-state index contributed by atoms with van der Waals surface area (Å²) in [5.74, 6) is 0.657. The quantitative estimate of drug-likeness (QED) is 0.619. The van der Waals surface area contributed by atoms with Crippen LogP contribution in [-0.2, 0) is 4.74 Å². The highest BCUT2D eigenvalue weighted by molar-refractivity contribution is 7.99. The van der Waals surface area contributed by atoms with Crippen LogP contribution in [0.25, 0.3) is 0 Å². The van der Waals surface area contributed by atoms with E-state index in [-0.39, 0.29) is 11.8 Å². The summed E-state index contributed by atoms with van der Waals surface area (Å²) in [6, 6.07) is 7.05. The molecule has 1 unspecified atom stereocenters. The minimum Gasteiger partial charge on any atom is -0.380 e. The zero-order valence-corrected chi connectivity index (χ0v) is 12.7. The fraction of sp³-hybridized carbons (Fsp3) is 0.500. The highest BCUT2D eigenvalue weighted by Crippen LogP contribution is 2.24. The molecule has 5 heteroatoms. The van der Waals surface area contributed by atoms with Gasteiger partial charge >= 0.3 is 0 Å². The number of amides is 2. The van der Waals surface area contributed by atoms with Crippen molar-refractivity contribution >= 4 is 23.6 Å². The van der Waals surface area contributed by atoms with Crippen LogP contribution in [-0.4, -0.2) is 47.5 Å². The van der Waals surface area contributed by atoms with Crippen LogP contribution in [0.3, 0.4) is 0 Å². The average molecular weight is 305 g/mol. The molecule has 3 rings (SSSR count). The van der Waals surface area contributed by atoms with E-state index < -0.39 is 0 Å². The van der Waals surface area contributed by atoms with Crippen LogP contribution >= 0.6 is 11.8 Å². The SMILES string of the molecule is O=C1c2ccccc2C(=O)N1CCCSC1CCCOC1. The first kappa shape index (κ1) is 14.6. The molecule has 2 aliphatic rings. The summed E-state index contributed by atoms with van der Waals surface area (Å²) in [6.45, 7) is 2.22. The monoisotopic (exact) mass is 305 g/mol. The standard InChI is InChI=1S/C16H19NO3S/c18-15-13-6-1-2-7-14(13)16(19)17(15)8-4-10-21-12-5-3-9-20-11-12/h1-2,6-7,12H,3-5,8-11H2. The molecule has 112 valence electrons. The van der Waals surface area contributed by atoms with Gasteiger partial charge in [0.05, 0.1) is 17.7 Å². The second kappa shape index (κ2) is 6.62. The maximum atomic E-state index is 12.2. The average Bonchev–Trinajstić information content (AvgIpc) is 2.77. The van der Waals surface area contributed by atoms with Crippen molar-refractivity contribution in [2.45, 2.75) is 24.5 Å². The molecule has 1 aromatic carbocycles. The van der Waals surface area contributed by atoms with Crippen LogP contribution in [0.2, 0.25) is 0 Å². The lowest BCUT2D eigenvalue weighted by Crippen LogP contribution is -2.31. The Morgan fingerprint density at radius 2 is 1.90 bits per heavy atom. The highest BCUT2D eigenvalue weighted by Gasteiger charge is 2.34. The van der Waals surface area contributed by atoms with E-state index in [1.807, 2.05) is 11.8 Å².